The number of fused-ring (bicyclic) bond motifs is 1. The molecule has 0 aromatic heterocycles. The van der Waals surface area contributed by atoms with Crippen LogP contribution in [-0.2, 0) is 6.18 Å². The first-order valence-corrected chi connectivity index (χ1v) is 9.42. The van der Waals surface area contributed by atoms with E-state index in [1.165, 1.54) is 31.3 Å². The summed E-state index contributed by atoms with van der Waals surface area (Å²) in [6.45, 7) is 0. The third kappa shape index (κ3) is 3.65. The van der Waals surface area contributed by atoms with Crippen LogP contribution in [0.15, 0.2) is 66.7 Å². The van der Waals surface area contributed by atoms with Crippen LogP contribution in [0.4, 0.5) is 24.5 Å². The van der Waals surface area contributed by atoms with E-state index in [4.69, 9.17) is 9.47 Å². The lowest BCUT2D eigenvalue weighted by atomic mass is 10.0. The predicted octanol–water partition coefficient (Wildman–Crippen LogP) is 5.49. The van der Waals surface area contributed by atoms with E-state index in [1.807, 2.05) is 0 Å². The number of benzene rings is 3. The maximum Gasteiger partial charge on any atom is 0.416 e. The Morgan fingerprint density at radius 3 is 2.39 bits per heavy atom. The number of alkyl halides is 3. The minimum absolute atomic E-state index is 0.108. The number of halogens is 3. The number of amides is 1. The van der Waals surface area contributed by atoms with Crippen molar-refractivity contribution < 1.29 is 27.4 Å². The van der Waals surface area contributed by atoms with Gasteiger partial charge in [-0.1, -0.05) is 30.3 Å². The maximum atomic E-state index is 13.4. The number of methoxy groups -OCH3 is 2. The van der Waals surface area contributed by atoms with Crippen LogP contribution < -0.4 is 19.7 Å². The van der Waals surface area contributed by atoms with Gasteiger partial charge in [-0.2, -0.15) is 13.2 Å². The lowest BCUT2D eigenvalue weighted by molar-refractivity contribution is -0.137. The highest BCUT2D eigenvalue weighted by Gasteiger charge is 2.38. The third-order valence-electron chi connectivity index (χ3n) is 5.11. The number of carbonyl (C=O) groups excluding carboxylic acids is 1. The van der Waals surface area contributed by atoms with E-state index in [9.17, 15) is 18.0 Å². The van der Waals surface area contributed by atoms with Crippen LogP contribution >= 0.6 is 0 Å². The maximum absolute atomic E-state index is 13.4. The van der Waals surface area contributed by atoms with Gasteiger partial charge in [0.2, 0.25) is 0 Å². The van der Waals surface area contributed by atoms with Crippen molar-refractivity contribution in [2.24, 2.45) is 0 Å². The van der Waals surface area contributed by atoms with Crippen molar-refractivity contribution in [2.45, 2.75) is 12.3 Å². The number of hydrogen-bond donors (Lipinski definition) is 1. The number of ether oxygens (including phenoxy) is 2. The Morgan fingerprint density at radius 1 is 0.935 bits per heavy atom. The highest BCUT2D eigenvalue weighted by atomic mass is 19.4. The van der Waals surface area contributed by atoms with Gasteiger partial charge in [-0.15, -0.1) is 0 Å². The van der Waals surface area contributed by atoms with E-state index >= 15 is 0 Å². The predicted molar refractivity (Wildman–Crippen MR) is 111 cm³/mol. The molecule has 160 valence electrons. The Labute approximate surface area is 177 Å². The van der Waals surface area contributed by atoms with Crippen LogP contribution in [0.25, 0.3) is 0 Å². The largest absolute Gasteiger partial charge is 0.493 e. The molecule has 31 heavy (non-hydrogen) atoms. The summed E-state index contributed by atoms with van der Waals surface area (Å²) < 4.78 is 50.9. The number of rotatable bonds is 4. The van der Waals surface area contributed by atoms with Gasteiger partial charge in [-0.05, 0) is 36.4 Å². The van der Waals surface area contributed by atoms with Gasteiger partial charge in [0.15, 0.2) is 11.5 Å². The van der Waals surface area contributed by atoms with Crippen LogP contribution in [0.2, 0.25) is 0 Å². The molecule has 1 N–H and O–H groups in total. The van der Waals surface area contributed by atoms with Crippen molar-refractivity contribution in [1.82, 2.24) is 0 Å². The lowest BCUT2D eigenvalue weighted by Gasteiger charge is -2.39. The number of nitrogens with one attached hydrogen (secondary N) is 1. The normalized spacial score (nSPS) is 15.8. The third-order valence-corrected chi connectivity index (χ3v) is 5.11. The second kappa shape index (κ2) is 7.86. The minimum Gasteiger partial charge on any atom is -0.493 e. The van der Waals surface area contributed by atoms with Crippen molar-refractivity contribution in [3.8, 4) is 11.5 Å². The fourth-order valence-corrected chi connectivity index (χ4v) is 3.70. The molecule has 0 bridgehead atoms. The van der Waals surface area contributed by atoms with E-state index in [1.54, 1.807) is 42.5 Å². The molecule has 3 aromatic rings. The lowest BCUT2D eigenvalue weighted by Crippen LogP contribution is -2.43. The molecule has 0 saturated heterocycles. The zero-order chi connectivity index (χ0) is 22.2. The molecule has 1 heterocycles. The zero-order valence-electron chi connectivity index (χ0n) is 16.7. The van der Waals surface area contributed by atoms with Crippen LogP contribution in [0.5, 0.6) is 11.5 Å². The van der Waals surface area contributed by atoms with Crippen molar-refractivity contribution in [2.75, 3.05) is 24.4 Å². The molecule has 1 aliphatic heterocycles. The summed E-state index contributed by atoms with van der Waals surface area (Å²) >= 11 is 0. The number of para-hydroxylation sites is 2. The molecule has 1 amide bonds. The van der Waals surface area contributed by atoms with Crippen LogP contribution in [0.1, 0.15) is 27.7 Å². The summed E-state index contributed by atoms with van der Waals surface area (Å²) in [4.78, 5) is 14.7. The van der Waals surface area contributed by atoms with Gasteiger partial charge in [0.05, 0.1) is 25.3 Å². The number of carbonyl (C=O) groups is 1. The van der Waals surface area contributed by atoms with E-state index in [-0.39, 0.29) is 5.69 Å². The molecule has 8 heteroatoms. The first-order chi connectivity index (χ1) is 14.8. The van der Waals surface area contributed by atoms with E-state index in [2.05, 4.69) is 5.32 Å². The van der Waals surface area contributed by atoms with Gasteiger partial charge in [-0.25, -0.2) is 0 Å². The molecule has 0 spiro atoms. The molecule has 0 saturated carbocycles. The molecule has 5 nitrogen and oxygen atoms in total. The molecule has 0 aliphatic carbocycles. The van der Waals surface area contributed by atoms with Crippen molar-refractivity contribution in [3.63, 3.8) is 0 Å². The van der Waals surface area contributed by atoms with Crippen LogP contribution in [0, 0.1) is 0 Å². The van der Waals surface area contributed by atoms with Gasteiger partial charge in [0.25, 0.3) is 5.91 Å². The zero-order valence-corrected chi connectivity index (χ0v) is 16.7. The molecular formula is C23H19F3N2O3. The number of anilines is 2. The summed E-state index contributed by atoms with van der Waals surface area (Å²) in [5.41, 5.74) is 0.746. The average molecular weight is 428 g/mol. The molecule has 1 unspecified atom stereocenters. The second-order valence-electron chi connectivity index (χ2n) is 6.90. The average Bonchev–Trinajstić information content (AvgIpc) is 2.78. The van der Waals surface area contributed by atoms with E-state index in [0.29, 0.717) is 28.3 Å². The molecule has 3 aromatic carbocycles. The Kier molecular flexibility index (Phi) is 5.22. The monoisotopic (exact) mass is 428 g/mol. The molecule has 0 radical (unpaired) electrons. The fourth-order valence-electron chi connectivity index (χ4n) is 3.70. The van der Waals surface area contributed by atoms with Crippen molar-refractivity contribution >= 4 is 17.3 Å². The Balaban J connectivity index is 1.92. The highest BCUT2D eigenvalue weighted by molar-refractivity contribution is 6.12. The first kappa shape index (κ1) is 20.6. The molecule has 1 atom stereocenters. The SMILES string of the molecule is COc1cccc(C2Nc3ccccc3C(=O)N2c2cccc(C(F)(F)F)c2)c1OC. The second-order valence-corrected chi connectivity index (χ2v) is 6.90. The molecular weight excluding hydrogens is 409 g/mol. The Bertz CT molecular complexity index is 1130. The first-order valence-electron chi connectivity index (χ1n) is 9.42. The Hall–Kier alpha value is -3.68. The van der Waals surface area contributed by atoms with Crippen LogP contribution in [-0.4, -0.2) is 20.1 Å². The van der Waals surface area contributed by atoms with Gasteiger partial charge in [0.1, 0.15) is 6.17 Å². The van der Waals surface area contributed by atoms with Gasteiger partial charge < -0.3 is 14.8 Å². The molecule has 1 aliphatic rings. The van der Waals surface area contributed by atoms with E-state index < -0.39 is 23.8 Å². The summed E-state index contributed by atoms with van der Waals surface area (Å²) in [5, 5.41) is 3.26. The van der Waals surface area contributed by atoms with Gasteiger partial charge in [-0.3, -0.25) is 9.69 Å². The van der Waals surface area contributed by atoms with E-state index in [0.717, 1.165) is 12.1 Å². The fraction of sp³-hybridized carbons (Fsp3) is 0.174. The van der Waals surface area contributed by atoms with Gasteiger partial charge in [0, 0.05) is 16.9 Å². The quantitative estimate of drug-likeness (QED) is 0.597. The molecule has 0 fully saturated rings. The number of nitrogens with zero attached hydrogens (tertiary/aromatic N) is 1. The summed E-state index contributed by atoms with van der Waals surface area (Å²) in [6, 6.07) is 16.7. The summed E-state index contributed by atoms with van der Waals surface area (Å²) in [6.07, 6.45) is -5.36. The van der Waals surface area contributed by atoms with Gasteiger partial charge >= 0.3 is 6.18 Å². The molecule has 4 rings (SSSR count). The highest BCUT2D eigenvalue weighted by Crippen LogP contribution is 2.43. The van der Waals surface area contributed by atoms with Crippen molar-refractivity contribution in [1.29, 1.82) is 0 Å². The number of hydrogen-bond acceptors (Lipinski definition) is 4. The standard InChI is InChI=1S/C23H19F3N2O3/c1-30-19-12-6-10-17(20(19)31-2)21-27-18-11-4-3-9-16(18)22(29)28(21)15-8-5-7-14(13-15)23(24,25)26/h3-13,21,27H,1-2H3. The summed E-state index contributed by atoms with van der Waals surface area (Å²) in [5.74, 6) is 0.396. The Morgan fingerprint density at radius 2 is 1.68 bits per heavy atom. The topological polar surface area (TPSA) is 50.8 Å². The van der Waals surface area contributed by atoms with Crippen molar-refractivity contribution in [3.05, 3.63) is 83.4 Å². The van der Waals surface area contributed by atoms with Crippen LogP contribution in [0.3, 0.4) is 0 Å². The minimum atomic E-state index is -4.54. The smallest absolute Gasteiger partial charge is 0.416 e. The summed E-state index contributed by atoms with van der Waals surface area (Å²) in [7, 11) is 2.95.